The molecular weight excluding hydrogens is 234 g/mol. The number of hydrogen-bond donors (Lipinski definition) is 0. The average molecular weight is 241 g/mol. The summed E-state index contributed by atoms with van der Waals surface area (Å²) >= 11 is 0. The van der Waals surface area contributed by atoms with Crippen LogP contribution in [0.15, 0.2) is 42.7 Å². The van der Waals surface area contributed by atoms with E-state index in [1.807, 2.05) is 6.07 Å². The lowest BCUT2D eigenvalue weighted by Gasteiger charge is -2.06. The van der Waals surface area contributed by atoms with E-state index in [0.29, 0.717) is 0 Å². The second-order valence-electron chi connectivity index (χ2n) is 3.31. The van der Waals surface area contributed by atoms with Gasteiger partial charge in [-0.15, -0.1) is 0 Å². The SMILES string of the molecule is N#Cc1ccncc1Oc1ccccc1[N+](=O)[O-]. The molecule has 0 saturated heterocycles. The van der Waals surface area contributed by atoms with Crippen LogP contribution < -0.4 is 4.74 Å². The van der Waals surface area contributed by atoms with Crippen molar-refractivity contribution in [1.29, 1.82) is 5.26 Å². The molecule has 0 aliphatic rings. The Balaban J connectivity index is 2.41. The monoisotopic (exact) mass is 241 g/mol. The van der Waals surface area contributed by atoms with E-state index >= 15 is 0 Å². The Bertz CT molecular complexity index is 634. The number of rotatable bonds is 3. The van der Waals surface area contributed by atoms with Gasteiger partial charge in [0.15, 0.2) is 5.75 Å². The highest BCUT2D eigenvalue weighted by Crippen LogP contribution is 2.31. The molecule has 6 nitrogen and oxygen atoms in total. The van der Waals surface area contributed by atoms with Crippen LogP contribution in [0.4, 0.5) is 5.69 Å². The summed E-state index contributed by atoms with van der Waals surface area (Å²) in [5, 5.41) is 19.7. The van der Waals surface area contributed by atoms with Crippen molar-refractivity contribution in [3.63, 3.8) is 0 Å². The largest absolute Gasteiger partial charge is 0.447 e. The van der Waals surface area contributed by atoms with E-state index in [2.05, 4.69) is 4.98 Å². The standard InChI is InChI=1S/C12H7N3O3/c13-7-9-5-6-14-8-12(9)18-11-4-2-1-3-10(11)15(16)17/h1-6,8H. The van der Waals surface area contributed by atoms with E-state index < -0.39 is 4.92 Å². The van der Waals surface area contributed by atoms with Crippen LogP contribution in [0.3, 0.4) is 0 Å². The molecule has 1 heterocycles. The highest BCUT2D eigenvalue weighted by atomic mass is 16.6. The number of nitro groups is 1. The number of benzene rings is 1. The first kappa shape index (κ1) is 11.5. The van der Waals surface area contributed by atoms with Gasteiger partial charge in [0.2, 0.25) is 5.75 Å². The first-order chi connectivity index (χ1) is 8.72. The predicted molar refractivity (Wildman–Crippen MR) is 62.1 cm³/mol. The second-order valence-corrected chi connectivity index (χ2v) is 3.31. The summed E-state index contributed by atoms with van der Waals surface area (Å²) in [5.41, 5.74) is 0.105. The normalized spacial score (nSPS) is 9.50. The summed E-state index contributed by atoms with van der Waals surface area (Å²) in [7, 11) is 0. The molecule has 0 unspecified atom stereocenters. The van der Waals surface area contributed by atoms with Gasteiger partial charge in [-0.3, -0.25) is 15.1 Å². The maximum atomic E-state index is 10.8. The summed E-state index contributed by atoms with van der Waals surface area (Å²) in [6.07, 6.45) is 2.79. The van der Waals surface area contributed by atoms with Crippen LogP contribution >= 0.6 is 0 Å². The minimum atomic E-state index is -0.544. The molecule has 0 amide bonds. The molecule has 0 radical (unpaired) electrons. The van der Waals surface area contributed by atoms with Gasteiger partial charge in [0, 0.05) is 12.3 Å². The molecule has 0 aliphatic carbocycles. The van der Waals surface area contributed by atoms with E-state index in [-0.39, 0.29) is 22.7 Å². The summed E-state index contributed by atoms with van der Waals surface area (Å²) in [6, 6.07) is 9.36. The summed E-state index contributed by atoms with van der Waals surface area (Å²) < 4.78 is 5.37. The van der Waals surface area contributed by atoms with Gasteiger partial charge >= 0.3 is 5.69 Å². The Morgan fingerprint density at radius 1 is 1.28 bits per heavy atom. The Morgan fingerprint density at radius 3 is 2.78 bits per heavy atom. The van der Waals surface area contributed by atoms with Gasteiger partial charge in [0.25, 0.3) is 0 Å². The zero-order chi connectivity index (χ0) is 13.0. The molecule has 18 heavy (non-hydrogen) atoms. The van der Waals surface area contributed by atoms with Crippen molar-refractivity contribution in [3.05, 3.63) is 58.4 Å². The van der Waals surface area contributed by atoms with Crippen molar-refractivity contribution in [3.8, 4) is 17.6 Å². The Labute approximate surface area is 102 Å². The van der Waals surface area contributed by atoms with Crippen molar-refractivity contribution in [1.82, 2.24) is 4.98 Å². The fourth-order valence-corrected chi connectivity index (χ4v) is 1.37. The topological polar surface area (TPSA) is 89.0 Å². The van der Waals surface area contributed by atoms with Crippen molar-refractivity contribution < 1.29 is 9.66 Å². The molecule has 88 valence electrons. The number of aromatic nitrogens is 1. The first-order valence-electron chi connectivity index (χ1n) is 4.98. The molecule has 0 spiro atoms. The third kappa shape index (κ3) is 2.25. The van der Waals surface area contributed by atoms with Gasteiger partial charge in [-0.05, 0) is 12.1 Å². The maximum absolute atomic E-state index is 10.8. The Morgan fingerprint density at radius 2 is 2.06 bits per heavy atom. The van der Waals surface area contributed by atoms with E-state index in [4.69, 9.17) is 10.00 Å². The van der Waals surface area contributed by atoms with Gasteiger partial charge in [0.1, 0.15) is 6.07 Å². The second kappa shape index (κ2) is 4.93. The number of nitro benzene ring substituents is 1. The molecule has 6 heteroatoms. The number of hydrogen-bond acceptors (Lipinski definition) is 5. The quantitative estimate of drug-likeness (QED) is 0.608. The smallest absolute Gasteiger partial charge is 0.311 e. The van der Waals surface area contributed by atoms with E-state index in [9.17, 15) is 10.1 Å². The summed E-state index contributed by atoms with van der Waals surface area (Å²) in [4.78, 5) is 14.1. The molecule has 1 aromatic heterocycles. The molecule has 0 saturated carbocycles. The van der Waals surface area contributed by atoms with Crippen molar-refractivity contribution in [2.75, 3.05) is 0 Å². The number of nitriles is 1. The predicted octanol–water partition coefficient (Wildman–Crippen LogP) is 2.65. The lowest BCUT2D eigenvalue weighted by molar-refractivity contribution is -0.385. The van der Waals surface area contributed by atoms with Gasteiger partial charge in [-0.1, -0.05) is 12.1 Å². The summed E-state index contributed by atoms with van der Waals surface area (Å²) in [5.74, 6) is 0.265. The fourth-order valence-electron chi connectivity index (χ4n) is 1.37. The van der Waals surface area contributed by atoms with E-state index in [0.717, 1.165) is 0 Å². The minimum absolute atomic E-state index is 0.0759. The molecule has 0 N–H and O–H groups in total. The number of pyridine rings is 1. The van der Waals surface area contributed by atoms with E-state index in [1.54, 1.807) is 12.1 Å². The highest BCUT2D eigenvalue weighted by molar-refractivity contribution is 5.50. The van der Waals surface area contributed by atoms with Crippen LogP contribution in [-0.2, 0) is 0 Å². The minimum Gasteiger partial charge on any atom is -0.447 e. The molecule has 0 fully saturated rings. The van der Waals surface area contributed by atoms with Gasteiger partial charge in [-0.2, -0.15) is 5.26 Å². The van der Waals surface area contributed by atoms with Crippen LogP contribution in [0.5, 0.6) is 11.5 Å². The fraction of sp³-hybridized carbons (Fsp3) is 0. The summed E-state index contributed by atoms with van der Waals surface area (Å²) in [6.45, 7) is 0. The molecule has 0 bridgehead atoms. The highest BCUT2D eigenvalue weighted by Gasteiger charge is 2.15. The zero-order valence-electron chi connectivity index (χ0n) is 9.11. The van der Waals surface area contributed by atoms with Crippen molar-refractivity contribution in [2.24, 2.45) is 0 Å². The molecule has 0 aliphatic heterocycles. The third-order valence-corrected chi connectivity index (χ3v) is 2.19. The number of ether oxygens (including phenoxy) is 1. The maximum Gasteiger partial charge on any atom is 0.311 e. The van der Waals surface area contributed by atoms with E-state index in [1.165, 1.54) is 30.6 Å². The lowest BCUT2D eigenvalue weighted by Crippen LogP contribution is -1.94. The van der Waals surface area contributed by atoms with Crippen LogP contribution in [0.25, 0.3) is 0 Å². The van der Waals surface area contributed by atoms with Gasteiger partial charge in [0.05, 0.1) is 16.7 Å². The Hall–Kier alpha value is -2.94. The molecule has 1 aromatic carbocycles. The molecule has 2 rings (SSSR count). The van der Waals surface area contributed by atoms with Crippen molar-refractivity contribution >= 4 is 5.69 Å². The average Bonchev–Trinajstić information content (AvgIpc) is 2.40. The molecule has 0 atom stereocenters. The van der Waals surface area contributed by atoms with Crippen LogP contribution in [0.2, 0.25) is 0 Å². The number of para-hydroxylation sites is 2. The number of nitrogens with zero attached hydrogens (tertiary/aromatic N) is 3. The first-order valence-corrected chi connectivity index (χ1v) is 4.98. The van der Waals surface area contributed by atoms with Crippen LogP contribution in [0, 0.1) is 21.4 Å². The van der Waals surface area contributed by atoms with Gasteiger partial charge < -0.3 is 4.74 Å². The zero-order valence-corrected chi connectivity index (χ0v) is 9.11. The van der Waals surface area contributed by atoms with Gasteiger partial charge in [-0.25, -0.2) is 0 Å². The Kier molecular flexibility index (Phi) is 3.16. The molecule has 2 aromatic rings. The third-order valence-electron chi connectivity index (χ3n) is 2.19. The molecular formula is C12H7N3O3. The van der Waals surface area contributed by atoms with Crippen molar-refractivity contribution in [2.45, 2.75) is 0 Å². The van der Waals surface area contributed by atoms with Crippen LogP contribution in [0.1, 0.15) is 5.56 Å². The lowest BCUT2D eigenvalue weighted by atomic mass is 10.2. The van der Waals surface area contributed by atoms with Crippen LogP contribution in [-0.4, -0.2) is 9.91 Å².